The summed E-state index contributed by atoms with van der Waals surface area (Å²) in [5.41, 5.74) is 1.60. The average molecular weight is 425 g/mol. The summed E-state index contributed by atoms with van der Waals surface area (Å²) >= 11 is 0.389. The number of aromatic nitrogens is 2. The molecule has 0 saturated carbocycles. The highest BCUT2D eigenvalue weighted by Crippen LogP contribution is 2.27. The molecule has 2 aromatic carbocycles. The van der Waals surface area contributed by atoms with Gasteiger partial charge in [-0.2, -0.15) is 8.78 Å². The largest absolute Gasteiger partial charge is 0.324 e. The van der Waals surface area contributed by atoms with Gasteiger partial charge in [-0.25, -0.2) is 13.4 Å². The molecule has 3 rings (SSSR count). The molecule has 0 radical (unpaired) electrons. The highest BCUT2D eigenvalue weighted by molar-refractivity contribution is 7.99. The molecule has 3 aromatic rings. The van der Waals surface area contributed by atoms with Crippen molar-refractivity contribution in [1.82, 2.24) is 9.55 Å². The number of hydrogen-bond acceptors (Lipinski definition) is 5. The lowest BCUT2D eigenvalue weighted by Gasteiger charge is -2.10. The average Bonchev–Trinajstić information content (AvgIpc) is 2.90. The smallest absolute Gasteiger partial charge is 0.288 e. The molecule has 0 bridgehead atoms. The molecule has 0 aliphatic rings. The number of benzene rings is 2. The van der Waals surface area contributed by atoms with Gasteiger partial charge in [-0.15, -0.1) is 0 Å². The Kier molecular flexibility index (Phi) is 5.99. The Bertz CT molecular complexity index is 1110. The van der Waals surface area contributed by atoms with Crippen LogP contribution in [0.2, 0.25) is 0 Å². The SMILES string of the molecule is CS(=O)(=O)Cc1nc2ccccc2n1CC(=O)Nc1cccc(SC(F)F)c1. The van der Waals surface area contributed by atoms with Gasteiger partial charge < -0.3 is 9.88 Å². The first-order valence-electron chi connectivity index (χ1n) is 8.18. The van der Waals surface area contributed by atoms with Crippen LogP contribution < -0.4 is 5.32 Å². The second kappa shape index (κ2) is 8.27. The van der Waals surface area contributed by atoms with E-state index in [-0.39, 0.29) is 18.1 Å². The minimum atomic E-state index is -3.35. The number of nitrogens with zero attached hydrogens (tertiary/aromatic N) is 2. The molecule has 148 valence electrons. The van der Waals surface area contributed by atoms with Gasteiger partial charge in [-0.05, 0) is 30.3 Å². The van der Waals surface area contributed by atoms with Crippen molar-refractivity contribution in [2.45, 2.75) is 23.0 Å². The molecular weight excluding hydrogens is 408 g/mol. The maximum atomic E-state index is 12.5. The molecule has 0 fully saturated rings. The van der Waals surface area contributed by atoms with Gasteiger partial charge >= 0.3 is 0 Å². The van der Waals surface area contributed by atoms with Crippen molar-refractivity contribution >= 4 is 44.2 Å². The van der Waals surface area contributed by atoms with E-state index in [0.29, 0.717) is 33.4 Å². The molecule has 1 amide bonds. The molecule has 0 saturated heterocycles. The Morgan fingerprint density at radius 1 is 1.21 bits per heavy atom. The summed E-state index contributed by atoms with van der Waals surface area (Å²) < 4.78 is 50.0. The third-order valence-corrected chi connectivity index (χ3v) is 5.26. The van der Waals surface area contributed by atoms with Crippen molar-refractivity contribution in [1.29, 1.82) is 0 Å². The van der Waals surface area contributed by atoms with Crippen LogP contribution in [-0.4, -0.2) is 35.9 Å². The number of alkyl halides is 2. The van der Waals surface area contributed by atoms with E-state index < -0.39 is 21.5 Å². The number of amides is 1. The lowest BCUT2D eigenvalue weighted by molar-refractivity contribution is -0.116. The van der Waals surface area contributed by atoms with E-state index in [1.807, 2.05) is 0 Å². The number of sulfone groups is 1. The van der Waals surface area contributed by atoms with Gasteiger partial charge in [0.2, 0.25) is 5.91 Å². The number of carbonyl (C=O) groups excluding carboxylic acids is 1. The van der Waals surface area contributed by atoms with Gasteiger partial charge in [0.25, 0.3) is 5.76 Å². The quantitative estimate of drug-likeness (QED) is 0.586. The minimum Gasteiger partial charge on any atom is -0.324 e. The zero-order valence-corrected chi connectivity index (χ0v) is 16.4. The van der Waals surface area contributed by atoms with Gasteiger partial charge in [-0.3, -0.25) is 4.79 Å². The van der Waals surface area contributed by atoms with Gasteiger partial charge in [-0.1, -0.05) is 30.0 Å². The lowest BCUT2D eigenvalue weighted by Crippen LogP contribution is -2.21. The molecule has 1 N–H and O–H groups in total. The number of thioether (sulfide) groups is 1. The van der Waals surface area contributed by atoms with Crippen LogP contribution in [0.5, 0.6) is 0 Å². The maximum Gasteiger partial charge on any atom is 0.288 e. The number of para-hydroxylation sites is 2. The molecule has 0 aliphatic carbocycles. The highest BCUT2D eigenvalue weighted by Gasteiger charge is 2.17. The van der Waals surface area contributed by atoms with Gasteiger partial charge in [0.05, 0.1) is 11.0 Å². The molecule has 0 unspecified atom stereocenters. The third-order valence-electron chi connectivity index (χ3n) is 3.77. The van der Waals surface area contributed by atoms with E-state index in [1.165, 1.54) is 12.1 Å². The van der Waals surface area contributed by atoms with Gasteiger partial charge in [0.15, 0.2) is 9.84 Å². The minimum absolute atomic E-state index is 0.155. The summed E-state index contributed by atoms with van der Waals surface area (Å²) in [5.74, 6) is -3.00. The molecule has 0 spiro atoms. The highest BCUT2D eigenvalue weighted by atomic mass is 32.2. The second-order valence-electron chi connectivity index (χ2n) is 6.13. The summed E-state index contributed by atoms with van der Waals surface area (Å²) in [5, 5.41) is 2.65. The van der Waals surface area contributed by atoms with Crippen LogP contribution in [0.4, 0.5) is 14.5 Å². The number of fused-ring (bicyclic) bond motifs is 1. The fourth-order valence-corrected chi connectivity index (χ4v) is 3.99. The first kappa shape index (κ1) is 20.3. The molecule has 1 heterocycles. The summed E-state index contributed by atoms with van der Waals surface area (Å²) in [6.07, 6.45) is 1.10. The van der Waals surface area contributed by atoms with E-state index in [1.54, 1.807) is 41.0 Å². The van der Waals surface area contributed by atoms with Crippen LogP contribution >= 0.6 is 11.8 Å². The fourth-order valence-electron chi connectivity index (χ4n) is 2.74. The third kappa shape index (κ3) is 5.29. The molecular formula is C18H17F2N3O3S2. The predicted molar refractivity (Wildman–Crippen MR) is 105 cm³/mol. The standard InChI is InChI=1S/C18H17F2N3O3S2/c1-28(25,26)11-16-22-14-7-2-3-8-15(14)23(16)10-17(24)21-12-5-4-6-13(9-12)27-18(19)20/h2-9,18H,10-11H2,1H3,(H,21,24). The number of imidazole rings is 1. The van der Waals surface area contributed by atoms with Crippen molar-refractivity contribution in [3.05, 3.63) is 54.4 Å². The monoisotopic (exact) mass is 425 g/mol. The summed E-state index contributed by atoms with van der Waals surface area (Å²) in [6, 6.07) is 13.2. The van der Waals surface area contributed by atoms with Crippen molar-refractivity contribution in [2.24, 2.45) is 0 Å². The van der Waals surface area contributed by atoms with Crippen LogP contribution in [0.25, 0.3) is 11.0 Å². The second-order valence-corrected chi connectivity index (χ2v) is 9.33. The van der Waals surface area contributed by atoms with Crippen LogP contribution in [0.1, 0.15) is 5.82 Å². The van der Waals surface area contributed by atoms with Gasteiger partial charge in [0, 0.05) is 16.8 Å². The molecule has 28 heavy (non-hydrogen) atoms. The molecule has 6 nitrogen and oxygen atoms in total. The number of halogens is 2. The Morgan fingerprint density at radius 3 is 2.68 bits per heavy atom. The van der Waals surface area contributed by atoms with E-state index in [2.05, 4.69) is 10.3 Å². The normalized spacial score (nSPS) is 11.9. The number of nitrogens with one attached hydrogen (secondary N) is 1. The Labute approximate surface area is 164 Å². The first-order chi connectivity index (χ1) is 13.2. The zero-order chi connectivity index (χ0) is 20.3. The molecule has 0 aliphatic heterocycles. The van der Waals surface area contributed by atoms with E-state index >= 15 is 0 Å². The predicted octanol–water partition coefficient (Wildman–Crippen LogP) is 3.53. The Morgan fingerprint density at radius 2 is 1.96 bits per heavy atom. The fraction of sp³-hybridized carbons (Fsp3) is 0.222. The number of carbonyl (C=O) groups is 1. The Balaban J connectivity index is 1.84. The zero-order valence-electron chi connectivity index (χ0n) is 14.8. The van der Waals surface area contributed by atoms with Gasteiger partial charge in [0.1, 0.15) is 18.1 Å². The van der Waals surface area contributed by atoms with Crippen LogP contribution in [0.3, 0.4) is 0 Å². The van der Waals surface area contributed by atoms with E-state index in [4.69, 9.17) is 0 Å². The topological polar surface area (TPSA) is 81.1 Å². The molecule has 0 atom stereocenters. The first-order valence-corrected chi connectivity index (χ1v) is 11.1. The van der Waals surface area contributed by atoms with Crippen molar-refractivity contribution in [3.8, 4) is 0 Å². The summed E-state index contributed by atoms with van der Waals surface area (Å²) in [4.78, 5) is 17.2. The van der Waals surface area contributed by atoms with Crippen molar-refractivity contribution in [3.63, 3.8) is 0 Å². The van der Waals surface area contributed by atoms with Crippen molar-refractivity contribution in [2.75, 3.05) is 11.6 Å². The van der Waals surface area contributed by atoms with Crippen LogP contribution in [-0.2, 0) is 26.9 Å². The molecule has 1 aromatic heterocycles. The van der Waals surface area contributed by atoms with Crippen molar-refractivity contribution < 1.29 is 22.0 Å². The number of anilines is 1. The maximum absolute atomic E-state index is 12.5. The van der Waals surface area contributed by atoms with Crippen LogP contribution in [0.15, 0.2) is 53.4 Å². The lowest BCUT2D eigenvalue weighted by atomic mass is 10.3. The summed E-state index contributed by atoms with van der Waals surface area (Å²) in [7, 11) is -3.35. The Hall–Kier alpha value is -2.46. The van der Waals surface area contributed by atoms with Crippen LogP contribution in [0, 0.1) is 0 Å². The number of rotatable bonds is 7. The number of hydrogen-bond donors (Lipinski definition) is 1. The summed E-state index contributed by atoms with van der Waals surface area (Å²) in [6.45, 7) is -0.155. The van der Waals surface area contributed by atoms with E-state index in [9.17, 15) is 22.0 Å². The molecule has 10 heteroatoms. The van der Waals surface area contributed by atoms with E-state index in [0.717, 1.165) is 6.26 Å².